The highest BCUT2D eigenvalue weighted by molar-refractivity contribution is 8.18. The van der Waals surface area contributed by atoms with Crippen LogP contribution in [0.15, 0.2) is 83.2 Å². The number of ether oxygens (including phenoxy) is 2. The Bertz CT molecular complexity index is 1350. The van der Waals surface area contributed by atoms with Gasteiger partial charge < -0.3 is 9.47 Å². The van der Waals surface area contributed by atoms with Crippen LogP contribution in [0.4, 0.5) is 10.1 Å². The van der Waals surface area contributed by atoms with E-state index in [1.807, 2.05) is 49.4 Å². The fraction of sp³-hybridized carbons (Fsp3) is 0.172. The first kappa shape index (κ1) is 26.5. The molecule has 0 unspecified atom stereocenters. The van der Waals surface area contributed by atoms with Crippen LogP contribution in [0.2, 0.25) is 5.02 Å². The van der Waals surface area contributed by atoms with Crippen LogP contribution >= 0.6 is 23.4 Å². The van der Waals surface area contributed by atoms with Crippen molar-refractivity contribution in [2.75, 3.05) is 13.7 Å². The molecular formula is C29H26ClFN2O3S. The molecule has 0 aliphatic carbocycles. The fourth-order valence-corrected chi connectivity index (χ4v) is 4.96. The van der Waals surface area contributed by atoms with Gasteiger partial charge in [-0.2, -0.15) is 0 Å². The van der Waals surface area contributed by atoms with Gasteiger partial charge in [0, 0.05) is 17.1 Å². The lowest BCUT2D eigenvalue weighted by Gasteiger charge is -2.16. The summed E-state index contributed by atoms with van der Waals surface area (Å²) in [6.07, 6.45) is 4.17. The lowest BCUT2D eigenvalue weighted by Crippen LogP contribution is -2.28. The van der Waals surface area contributed by atoms with E-state index in [4.69, 9.17) is 21.1 Å². The Kier molecular flexibility index (Phi) is 8.69. The number of nitrogens with zero attached hydrogens (tertiary/aromatic N) is 2. The van der Waals surface area contributed by atoms with Crippen molar-refractivity contribution in [3.8, 4) is 11.5 Å². The number of carbonyl (C=O) groups excluding carboxylic acids is 1. The third-order valence-corrected chi connectivity index (χ3v) is 6.85. The summed E-state index contributed by atoms with van der Waals surface area (Å²) < 4.78 is 25.1. The lowest BCUT2D eigenvalue weighted by molar-refractivity contribution is -0.122. The second-order valence-corrected chi connectivity index (χ2v) is 9.60. The van der Waals surface area contributed by atoms with Crippen molar-refractivity contribution in [1.82, 2.24) is 4.90 Å². The van der Waals surface area contributed by atoms with Gasteiger partial charge in [0.2, 0.25) is 0 Å². The summed E-state index contributed by atoms with van der Waals surface area (Å²) in [4.78, 5) is 19.8. The van der Waals surface area contributed by atoms with Gasteiger partial charge in [-0.15, -0.1) is 6.58 Å². The van der Waals surface area contributed by atoms with Crippen LogP contribution in [-0.4, -0.2) is 29.6 Å². The molecular weight excluding hydrogens is 511 g/mol. The van der Waals surface area contributed by atoms with E-state index in [9.17, 15) is 9.18 Å². The first-order chi connectivity index (χ1) is 17.9. The van der Waals surface area contributed by atoms with Crippen molar-refractivity contribution in [3.63, 3.8) is 0 Å². The van der Waals surface area contributed by atoms with Crippen molar-refractivity contribution < 1.29 is 18.7 Å². The summed E-state index contributed by atoms with van der Waals surface area (Å²) in [5, 5.41) is 1.21. The molecule has 5 nitrogen and oxygen atoms in total. The van der Waals surface area contributed by atoms with Crippen molar-refractivity contribution in [2.24, 2.45) is 4.99 Å². The van der Waals surface area contributed by atoms with Gasteiger partial charge in [0.05, 0.1) is 17.7 Å². The number of rotatable bonds is 9. The average Bonchev–Trinajstić information content (AvgIpc) is 3.18. The van der Waals surface area contributed by atoms with Crippen LogP contribution in [0.3, 0.4) is 0 Å². The molecule has 0 aromatic heterocycles. The summed E-state index contributed by atoms with van der Waals surface area (Å²) in [6, 6.07) is 17.1. The van der Waals surface area contributed by atoms with E-state index < -0.39 is 0 Å². The molecule has 1 amide bonds. The number of thioether (sulfide) groups is 1. The quantitative estimate of drug-likeness (QED) is 0.211. The number of halogens is 2. The molecule has 190 valence electrons. The molecule has 3 aromatic rings. The number of amides is 1. The fourth-order valence-electron chi connectivity index (χ4n) is 3.77. The number of amidine groups is 1. The van der Waals surface area contributed by atoms with Crippen LogP contribution in [0.25, 0.3) is 6.08 Å². The third kappa shape index (κ3) is 6.42. The molecule has 1 fully saturated rings. The van der Waals surface area contributed by atoms with Gasteiger partial charge in [0.15, 0.2) is 16.7 Å². The number of hydrogen-bond acceptors (Lipinski definition) is 5. The lowest BCUT2D eigenvalue weighted by atomic mass is 10.0. The van der Waals surface area contributed by atoms with Gasteiger partial charge in [-0.25, -0.2) is 9.38 Å². The van der Waals surface area contributed by atoms with E-state index in [1.165, 1.54) is 23.9 Å². The summed E-state index contributed by atoms with van der Waals surface area (Å²) >= 11 is 7.27. The molecule has 4 rings (SSSR count). The van der Waals surface area contributed by atoms with Gasteiger partial charge in [-0.3, -0.25) is 9.69 Å². The minimum Gasteiger partial charge on any atom is -0.493 e. The van der Waals surface area contributed by atoms with E-state index in [0.717, 1.165) is 16.7 Å². The Balaban J connectivity index is 1.64. The molecule has 0 radical (unpaired) electrons. The Hall–Kier alpha value is -3.55. The standard InChI is InChI=1S/C29H26ClFN2O3S/c1-4-6-21-15-20(16-25(35-3)27(21)36-18-19-7-9-22(30)10-8-19)17-26-28(34)33(5-2)29(37-26)32-24-13-11-23(31)12-14-24/h4,7-17H,1,5-6,18H2,2-3H3/b26-17+,32-29?. The highest BCUT2D eigenvalue weighted by Crippen LogP contribution is 2.38. The minimum atomic E-state index is -0.336. The van der Waals surface area contributed by atoms with E-state index in [2.05, 4.69) is 11.6 Å². The molecule has 3 aromatic carbocycles. The zero-order chi connectivity index (χ0) is 26.4. The number of benzene rings is 3. The van der Waals surface area contributed by atoms with Gasteiger partial charge >= 0.3 is 0 Å². The number of allylic oxidation sites excluding steroid dienone is 1. The Morgan fingerprint density at radius 1 is 1.14 bits per heavy atom. The summed E-state index contributed by atoms with van der Waals surface area (Å²) in [5.74, 6) is 0.708. The van der Waals surface area contributed by atoms with Gasteiger partial charge in [0.25, 0.3) is 5.91 Å². The highest BCUT2D eigenvalue weighted by Gasteiger charge is 2.32. The number of likely N-dealkylation sites (N-methyl/N-ethyl adjacent to an activating group) is 1. The largest absolute Gasteiger partial charge is 0.493 e. The van der Waals surface area contributed by atoms with Crippen molar-refractivity contribution in [2.45, 2.75) is 20.0 Å². The maximum absolute atomic E-state index is 13.3. The van der Waals surface area contributed by atoms with Crippen LogP contribution in [0, 0.1) is 5.82 Å². The molecule has 1 aliphatic rings. The molecule has 0 saturated carbocycles. The first-order valence-corrected chi connectivity index (χ1v) is 12.9. The Morgan fingerprint density at radius 3 is 2.51 bits per heavy atom. The molecule has 0 atom stereocenters. The molecule has 0 bridgehead atoms. The number of hydrogen-bond donors (Lipinski definition) is 0. The zero-order valence-electron chi connectivity index (χ0n) is 20.5. The van der Waals surface area contributed by atoms with Crippen molar-refractivity contribution in [3.05, 3.63) is 106 Å². The molecule has 0 N–H and O–H groups in total. The van der Waals surface area contributed by atoms with Crippen LogP contribution < -0.4 is 9.47 Å². The SMILES string of the molecule is C=CCc1cc(/C=C2/SC(=Nc3ccc(F)cc3)N(CC)C2=O)cc(OC)c1OCc1ccc(Cl)cc1. The topological polar surface area (TPSA) is 51.1 Å². The van der Waals surface area contributed by atoms with Gasteiger partial charge in [0.1, 0.15) is 12.4 Å². The van der Waals surface area contributed by atoms with Gasteiger partial charge in [-0.1, -0.05) is 29.8 Å². The van der Waals surface area contributed by atoms with E-state index >= 15 is 0 Å². The smallest absolute Gasteiger partial charge is 0.266 e. The second kappa shape index (κ2) is 12.1. The summed E-state index contributed by atoms with van der Waals surface area (Å²) in [7, 11) is 1.58. The van der Waals surface area contributed by atoms with Crippen LogP contribution in [0.1, 0.15) is 23.6 Å². The summed E-state index contributed by atoms with van der Waals surface area (Å²) in [5.41, 5.74) is 3.23. The number of carbonyl (C=O) groups is 1. The van der Waals surface area contributed by atoms with Gasteiger partial charge in [-0.05, 0) is 90.8 Å². The predicted octanol–water partition coefficient (Wildman–Crippen LogP) is 7.42. The highest BCUT2D eigenvalue weighted by atomic mass is 35.5. The predicted molar refractivity (Wildman–Crippen MR) is 149 cm³/mol. The second-order valence-electron chi connectivity index (χ2n) is 8.15. The third-order valence-electron chi connectivity index (χ3n) is 5.59. The Morgan fingerprint density at radius 2 is 1.86 bits per heavy atom. The normalized spacial score (nSPS) is 15.5. The number of methoxy groups -OCH3 is 1. The van der Waals surface area contributed by atoms with Crippen molar-refractivity contribution >= 4 is 46.2 Å². The van der Waals surface area contributed by atoms with E-state index in [-0.39, 0.29) is 11.7 Å². The molecule has 1 saturated heterocycles. The van der Waals surface area contributed by atoms with E-state index in [0.29, 0.717) is 51.9 Å². The van der Waals surface area contributed by atoms with E-state index in [1.54, 1.807) is 30.2 Å². The molecule has 1 heterocycles. The average molecular weight is 537 g/mol. The van der Waals surface area contributed by atoms with Crippen molar-refractivity contribution in [1.29, 1.82) is 0 Å². The summed E-state index contributed by atoms with van der Waals surface area (Å²) in [6.45, 7) is 6.57. The van der Waals surface area contributed by atoms with Crippen LogP contribution in [-0.2, 0) is 17.8 Å². The molecule has 1 aliphatic heterocycles. The molecule has 8 heteroatoms. The molecule has 0 spiro atoms. The first-order valence-electron chi connectivity index (χ1n) is 11.7. The molecule has 37 heavy (non-hydrogen) atoms. The monoisotopic (exact) mass is 536 g/mol. The zero-order valence-corrected chi connectivity index (χ0v) is 22.1. The Labute approximate surface area is 225 Å². The van der Waals surface area contributed by atoms with Crippen LogP contribution in [0.5, 0.6) is 11.5 Å². The number of aliphatic imine (C=N–C) groups is 1. The maximum atomic E-state index is 13.3. The maximum Gasteiger partial charge on any atom is 0.266 e. The minimum absolute atomic E-state index is 0.138.